The van der Waals surface area contributed by atoms with Crippen molar-refractivity contribution in [3.63, 3.8) is 0 Å². The number of benzene rings is 3. The zero-order valence-electron chi connectivity index (χ0n) is 12.9. The normalized spacial score (nSPS) is 13.1. The molecule has 0 amide bonds. The third kappa shape index (κ3) is 3.80. The van der Waals surface area contributed by atoms with E-state index >= 15 is 0 Å². The van der Waals surface area contributed by atoms with Gasteiger partial charge >= 0.3 is 0 Å². The second kappa shape index (κ2) is 6.71. The van der Waals surface area contributed by atoms with Crippen LogP contribution in [-0.2, 0) is 15.6 Å². The molecule has 0 aliphatic heterocycles. The molecule has 3 rings (SSSR count). The van der Waals surface area contributed by atoms with Crippen LogP contribution in [0, 0.1) is 5.82 Å². The first kappa shape index (κ1) is 16.6. The lowest BCUT2D eigenvalue weighted by atomic mass is 10.0. The molecule has 0 heterocycles. The number of fused-ring (bicyclic) bond motifs is 1. The summed E-state index contributed by atoms with van der Waals surface area (Å²) in [6.45, 7) is 0. The van der Waals surface area contributed by atoms with Gasteiger partial charge in [-0.3, -0.25) is 0 Å². The summed E-state index contributed by atoms with van der Waals surface area (Å²) >= 11 is 0. The van der Waals surface area contributed by atoms with Gasteiger partial charge in [0.25, 0.3) is 0 Å². The third-order valence-corrected chi connectivity index (χ3v) is 5.48. The summed E-state index contributed by atoms with van der Waals surface area (Å²) in [5, 5.41) is 12.2. The maximum absolute atomic E-state index is 13.6. The molecule has 3 aromatic rings. The summed E-state index contributed by atoms with van der Waals surface area (Å²) in [5.41, 5.74) is 0.647. The van der Waals surface area contributed by atoms with Crippen molar-refractivity contribution >= 4 is 20.6 Å². The van der Waals surface area contributed by atoms with Crippen LogP contribution in [0.15, 0.2) is 66.7 Å². The lowest BCUT2D eigenvalue weighted by Crippen LogP contribution is -2.17. The largest absolute Gasteiger partial charge is 0.387 e. The van der Waals surface area contributed by atoms with Crippen molar-refractivity contribution < 1.29 is 17.9 Å². The fraction of sp³-hybridized carbons (Fsp3) is 0.158. The molecule has 0 aromatic heterocycles. The van der Waals surface area contributed by atoms with Crippen LogP contribution in [-0.4, -0.2) is 19.3 Å². The van der Waals surface area contributed by atoms with Crippen LogP contribution in [0.25, 0.3) is 10.8 Å². The van der Waals surface area contributed by atoms with Crippen LogP contribution in [0.3, 0.4) is 0 Å². The molecule has 0 saturated carbocycles. The van der Waals surface area contributed by atoms with Crippen LogP contribution in [0.5, 0.6) is 0 Å². The molecule has 5 heteroatoms. The molecule has 3 nitrogen and oxygen atoms in total. The molecule has 1 N–H and O–H groups in total. The average Bonchev–Trinajstić information content (AvgIpc) is 2.56. The molecule has 1 unspecified atom stereocenters. The van der Waals surface area contributed by atoms with Gasteiger partial charge in [0, 0.05) is 5.56 Å². The Balaban J connectivity index is 1.79. The molecule has 0 saturated heterocycles. The zero-order chi connectivity index (χ0) is 17.2. The first-order valence-electron chi connectivity index (χ1n) is 7.55. The maximum atomic E-state index is 13.6. The third-order valence-electron chi connectivity index (χ3n) is 3.90. The van der Waals surface area contributed by atoms with Crippen molar-refractivity contribution in [3.05, 3.63) is 83.7 Å². The lowest BCUT2D eigenvalue weighted by molar-refractivity contribution is 0.202. The topological polar surface area (TPSA) is 54.4 Å². The lowest BCUT2D eigenvalue weighted by Gasteiger charge is -2.13. The van der Waals surface area contributed by atoms with Crippen molar-refractivity contribution in [1.29, 1.82) is 0 Å². The number of rotatable bonds is 5. The summed E-state index contributed by atoms with van der Waals surface area (Å²) in [6.07, 6.45) is -1.15. The SMILES string of the molecule is O=S(=O)(Cc1ccccc1F)CC(O)c1ccc2ccccc2c1. The summed E-state index contributed by atoms with van der Waals surface area (Å²) < 4.78 is 38.2. The van der Waals surface area contributed by atoms with E-state index in [0.717, 1.165) is 10.8 Å². The molecule has 1 atom stereocenters. The van der Waals surface area contributed by atoms with E-state index in [4.69, 9.17) is 0 Å². The molecule has 24 heavy (non-hydrogen) atoms. The Morgan fingerprint density at radius 1 is 0.917 bits per heavy atom. The summed E-state index contributed by atoms with van der Waals surface area (Å²) in [4.78, 5) is 0. The fourth-order valence-electron chi connectivity index (χ4n) is 2.66. The highest BCUT2D eigenvalue weighted by Crippen LogP contribution is 2.23. The number of aliphatic hydroxyl groups excluding tert-OH is 1. The average molecular weight is 344 g/mol. The molecular weight excluding hydrogens is 327 g/mol. The Bertz CT molecular complexity index is 967. The highest BCUT2D eigenvalue weighted by Gasteiger charge is 2.21. The molecule has 0 fully saturated rings. The minimum absolute atomic E-state index is 0.114. The van der Waals surface area contributed by atoms with Gasteiger partial charge in [0.2, 0.25) is 0 Å². The van der Waals surface area contributed by atoms with Gasteiger partial charge in [-0.25, -0.2) is 12.8 Å². The molecule has 124 valence electrons. The van der Waals surface area contributed by atoms with E-state index in [0.29, 0.717) is 5.56 Å². The Morgan fingerprint density at radius 2 is 1.58 bits per heavy atom. The van der Waals surface area contributed by atoms with Gasteiger partial charge in [-0.15, -0.1) is 0 Å². The van der Waals surface area contributed by atoms with Crippen molar-refractivity contribution in [2.45, 2.75) is 11.9 Å². The van der Waals surface area contributed by atoms with Gasteiger partial charge in [-0.2, -0.15) is 0 Å². The first-order valence-corrected chi connectivity index (χ1v) is 9.37. The second-order valence-corrected chi connectivity index (χ2v) is 7.88. The Morgan fingerprint density at radius 3 is 2.33 bits per heavy atom. The van der Waals surface area contributed by atoms with Crippen LogP contribution < -0.4 is 0 Å². The number of hydrogen-bond acceptors (Lipinski definition) is 3. The maximum Gasteiger partial charge on any atom is 0.157 e. The van der Waals surface area contributed by atoms with E-state index in [2.05, 4.69) is 0 Å². The van der Waals surface area contributed by atoms with Crippen LogP contribution >= 0.6 is 0 Å². The number of aliphatic hydroxyl groups is 1. The fourth-order valence-corrected chi connectivity index (χ4v) is 4.16. The number of sulfone groups is 1. The van der Waals surface area contributed by atoms with Crippen molar-refractivity contribution in [2.24, 2.45) is 0 Å². The Labute approximate surface area is 140 Å². The van der Waals surface area contributed by atoms with Crippen molar-refractivity contribution in [1.82, 2.24) is 0 Å². The summed E-state index contributed by atoms with van der Waals surface area (Å²) in [6, 6.07) is 18.7. The van der Waals surface area contributed by atoms with Gasteiger partial charge in [0.05, 0.1) is 17.6 Å². The number of hydrogen-bond donors (Lipinski definition) is 1. The van der Waals surface area contributed by atoms with Gasteiger partial charge < -0.3 is 5.11 Å². The minimum atomic E-state index is -3.65. The van der Waals surface area contributed by atoms with Crippen LogP contribution in [0.4, 0.5) is 4.39 Å². The van der Waals surface area contributed by atoms with Crippen LogP contribution in [0.2, 0.25) is 0 Å². The molecular formula is C19H17FO3S. The quantitative estimate of drug-likeness (QED) is 0.769. The van der Waals surface area contributed by atoms with Crippen molar-refractivity contribution in [2.75, 3.05) is 5.75 Å². The predicted octanol–water partition coefficient (Wildman–Crippen LogP) is 3.63. The second-order valence-electron chi connectivity index (χ2n) is 5.77. The smallest absolute Gasteiger partial charge is 0.157 e. The van der Waals surface area contributed by atoms with Gasteiger partial charge in [-0.05, 0) is 28.5 Å². The van der Waals surface area contributed by atoms with Crippen molar-refractivity contribution in [3.8, 4) is 0 Å². The van der Waals surface area contributed by atoms with Gasteiger partial charge in [-0.1, -0.05) is 54.6 Å². The molecule has 0 radical (unpaired) electrons. The molecule has 0 bridgehead atoms. The van der Waals surface area contributed by atoms with Gasteiger partial charge in [0.1, 0.15) is 5.82 Å². The van der Waals surface area contributed by atoms with Crippen LogP contribution in [0.1, 0.15) is 17.2 Å². The molecule has 0 aliphatic rings. The molecule has 0 aliphatic carbocycles. The molecule has 0 spiro atoms. The van der Waals surface area contributed by atoms with E-state index in [1.54, 1.807) is 18.2 Å². The monoisotopic (exact) mass is 344 g/mol. The molecule has 3 aromatic carbocycles. The summed E-state index contributed by atoms with van der Waals surface area (Å²) in [5.74, 6) is -1.43. The minimum Gasteiger partial charge on any atom is -0.387 e. The highest BCUT2D eigenvalue weighted by molar-refractivity contribution is 7.90. The predicted molar refractivity (Wildman–Crippen MR) is 92.8 cm³/mol. The first-order chi connectivity index (χ1) is 11.4. The summed E-state index contributed by atoms with van der Waals surface area (Å²) in [7, 11) is -3.65. The highest BCUT2D eigenvalue weighted by atomic mass is 32.2. The Kier molecular flexibility index (Phi) is 4.64. The number of halogens is 1. The van der Waals surface area contributed by atoms with E-state index in [1.807, 2.05) is 30.3 Å². The van der Waals surface area contributed by atoms with E-state index in [1.165, 1.54) is 18.2 Å². The standard InChI is InChI=1S/C19H17FO3S/c20-18-8-4-3-7-17(18)12-24(22,23)13-19(21)16-10-9-14-5-1-2-6-15(14)11-16/h1-11,19,21H,12-13H2. The van der Waals surface area contributed by atoms with E-state index in [9.17, 15) is 17.9 Å². The van der Waals surface area contributed by atoms with Gasteiger partial charge in [0.15, 0.2) is 9.84 Å². The zero-order valence-corrected chi connectivity index (χ0v) is 13.7. The van der Waals surface area contributed by atoms with E-state index < -0.39 is 33.3 Å². The Hall–Kier alpha value is -2.24. The van der Waals surface area contributed by atoms with E-state index in [-0.39, 0.29) is 5.56 Å².